The lowest BCUT2D eigenvalue weighted by Crippen LogP contribution is -2.40. The summed E-state index contributed by atoms with van der Waals surface area (Å²) < 4.78 is 5.45. The second kappa shape index (κ2) is 4.72. The lowest BCUT2D eigenvalue weighted by Gasteiger charge is -2.20. The third-order valence-electron chi connectivity index (χ3n) is 2.64. The van der Waals surface area contributed by atoms with Gasteiger partial charge in [-0.25, -0.2) is 14.8 Å². The van der Waals surface area contributed by atoms with Crippen molar-refractivity contribution in [2.24, 2.45) is 0 Å². The molecule has 0 fully saturated rings. The van der Waals surface area contributed by atoms with E-state index in [4.69, 9.17) is 9.52 Å². The zero-order chi connectivity index (χ0) is 14.0. The fraction of sp³-hybridized carbons (Fsp3) is 0.308. The van der Waals surface area contributed by atoms with Gasteiger partial charge in [0, 0.05) is 12.4 Å². The molecule has 0 aliphatic heterocycles. The molecule has 0 saturated carbocycles. The highest BCUT2D eigenvalue weighted by Crippen LogP contribution is 2.21. The van der Waals surface area contributed by atoms with Crippen molar-refractivity contribution >= 4 is 11.9 Å². The standard InChI is InChI=1S/C13H15N3O3/c1-8-4-5-10(19-8)9-6-14-12(15-7-9)16-13(2,3)11(17)18/h4-7H,1-3H3,(H,17,18)(H,14,15,16). The molecule has 0 spiro atoms. The molecule has 2 N–H and O–H groups in total. The van der Waals surface area contributed by atoms with Crippen molar-refractivity contribution in [3.63, 3.8) is 0 Å². The van der Waals surface area contributed by atoms with Crippen molar-refractivity contribution in [1.29, 1.82) is 0 Å². The quantitative estimate of drug-likeness (QED) is 0.878. The molecule has 0 unspecified atom stereocenters. The third kappa shape index (κ3) is 2.90. The molecule has 2 heterocycles. The van der Waals surface area contributed by atoms with Gasteiger partial charge in [-0.2, -0.15) is 0 Å². The molecular weight excluding hydrogens is 246 g/mol. The Bertz CT molecular complexity index is 587. The van der Waals surface area contributed by atoms with Crippen LogP contribution < -0.4 is 5.32 Å². The van der Waals surface area contributed by atoms with E-state index in [-0.39, 0.29) is 5.95 Å². The molecule has 6 heteroatoms. The molecule has 0 radical (unpaired) electrons. The predicted octanol–water partition coefficient (Wildman–Crippen LogP) is 2.32. The van der Waals surface area contributed by atoms with Crippen LogP contribution in [-0.4, -0.2) is 26.6 Å². The minimum absolute atomic E-state index is 0.263. The van der Waals surface area contributed by atoms with Gasteiger partial charge in [0.15, 0.2) is 0 Å². The summed E-state index contributed by atoms with van der Waals surface area (Å²) in [5.74, 6) is 0.784. The van der Waals surface area contributed by atoms with Gasteiger partial charge in [0.25, 0.3) is 0 Å². The maximum absolute atomic E-state index is 11.0. The fourth-order valence-electron chi connectivity index (χ4n) is 1.44. The van der Waals surface area contributed by atoms with Crippen LogP contribution in [0.4, 0.5) is 5.95 Å². The number of carboxylic acid groups (broad SMARTS) is 1. The number of furan rings is 1. The van der Waals surface area contributed by atoms with Crippen LogP contribution in [0.3, 0.4) is 0 Å². The van der Waals surface area contributed by atoms with Gasteiger partial charge in [-0.1, -0.05) is 0 Å². The Morgan fingerprint density at radius 3 is 2.42 bits per heavy atom. The average molecular weight is 261 g/mol. The third-order valence-corrected chi connectivity index (χ3v) is 2.64. The van der Waals surface area contributed by atoms with E-state index in [1.54, 1.807) is 26.2 Å². The minimum atomic E-state index is -1.12. The number of anilines is 1. The zero-order valence-corrected chi connectivity index (χ0v) is 11.0. The van der Waals surface area contributed by atoms with Crippen LogP contribution in [0, 0.1) is 6.92 Å². The Labute approximate surface area is 110 Å². The van der Waals surface area contributed by atoms with E-state index >= 15 is 0 Å². The van der Waals surface area contributed by atoms with E-state index in [1.807, 2.05) is 19.1 Å². The summed E-state index contributed by atoms with van der Waals surface area (Å²) >= 11 is 0. The van der Waals surface area contributed by atoms with Crippen LogP contribution in [0.1, 0.15) is 19.6 Å². The summed E-state index contributed by atoms with van der Waals surface area (Å²) in [5, 5.41) is 11.8. The second-order valence-corrected chi connectivity index (χ2v) is 4.76. The monoisotopic (exact) mass is 261 g/mol. The summed E-state index contributed by atoms with van der Waals surface area (Å²) in [4.78, 5) is 19.2. The fourth-order valence-corrected chi connectivity index (χ4v) is 1.44. The molecule has 2 rings (SSSR count). The van der Waals surface area contributed by atoms with Crippen LogP contribution >= 0.6 is 0 Å². The number of carboxylic acids is 1. The van der Waals surface area contributed by atoms with Gasteiger partial charge in [0.1, 0.15) is 17.1 Å². The summed E-state index contributed by atoms with van der Waals surface area (Å²) in [6, 6.07) is 3.69. The summed E-state index contributed by atoms with van der Waals surface area (Å²) in [6.07, 6.45) is 3.18. The second-order valence-electron chi connectivity index (χ2n) is 4.76. The molecule has 2 aromatic heterocycles. The molecule has 0 aromatic carbocycles. The van der Waals surface area contributed by atoms with Crippen LogP contribution in [0.2, 0.25) is 0 Å². The molecule has 19 heavy (non-hydrogen) atoms. The van der Waals surface area contributed by atoms with Crippen molar-refractivity contribution in [3.8, 4) is 11.3 Å². The molecule has 0 aliphatic carbocycles. The molecular formula is C13H15N3O3. The topological polar surface area (TPSA) is 88.2 Å². The Hall–Kier alpha value is -2.37. The Kier molecular flexibility index (Phi) is 3.25. The van der Waals surface area contributed by atoms with Gasteiger partial charge < -0.3 is 14.8 Å². The Morgan fingerprint density at radius 2 is 1.95 bits per heavy atom. The maximum atomic E-state index is 11.0. The van der Waals surface area contributed by atoms with Gasteiger partial charge in [0.2, 0.25) is 5.95 Å². The van der Waals surface area contributed by atoms with Gasteiger partial charge in [-0.3, -0.25) is 0 Å². The molecule has 0 bridgehead atoms. The number of hydrogen-bond acceptors (Lipinski definition) is 5. The van der Waals surface area contributed by atoms with E-state index in [1.165, 1.54) is 0 Å². The molecule has 0 amide bonds. The van der Waals surface area contributed by atoms with E-state index in [9.17, 15) is 4.79 Å². The normalized spacial score (nSPS) is 11.3. The molecule has 6 nitrogen and oxygen atoms in total. The van der Waals surface area contributed by atoms with E-state index in [2.05, 4.69) is 15.3 Å². The highest BCUT2D eigenvalue weighted by atomic mass is 16.4. The Balaban J connectivity index is 2.17. The smallest absolute Gasteiger partial charge is 0.328 e. The van der Waals surface area contributed by atoms with E-state index in [0.717, 1.165) is 11.3 Å². The molecule has 0 saturated heterocycles. The van der Waals surface area contributed by atoms with E-state index in [0.29, 0.717) is 5.76 Å². The van der Waals surface area contributed by atoms with Crippen molar-refractivity contribution in [2.45, 2.75) is 26.3 Å². The summed E-state index contributed by atoms with van der Waals surface area (Å²) in [7, 11) is 0. The van der Waals surface area contributed by atoms with Crippen LogP contribution in [0.5, 0.6) is 0 Å². The molecule has 0 aliphatic rings. The van der Waals surface area contributed by atoms with Gasteiger partial charge in [-0.15, -0.1) is 0 Å². The highest BCUT2D eigenvalue weighted by Gasteiger charge is 2.27. The van der Waals surface area contributed by atoms with Gasteiger partial charge in [0.05, 0.1) is 5.56 Å². The van der Waals surface area contributed by atoms with Crippen LogP contribution in [0.15, 0.2) is 28.9 Å². The molecule has 2 aromatic rings. The Morgan fingerprint density at radius 1 is 1.32 bits per heavy atom. The number of nitrogens with one attached hydrogen (secondary N) is 1. The largest absolute Gasteiger partial charge is 0.480 e. The first-order chi connectivity index (χ1) is 8.88. The maximum Gasteiger partial charge on any atom is 0.328 e. The zero-order valence-electron chi connectivity index (χ0n) is 11.0. The lowest BCUT2D eigenvalue weighted by atomic mass is 10.1. The average Bonchev–Trinajstić information content (AvgIpc) is 2.76. The number of carbonyl (C=O) groups is 1. The SMILES string of the molecule is Cc1ccc(-c2cnc(NC(C)(C)C(=O)O)nc2)o1. The summed E-state index contributed by atoms with van der Waals surface area (Å²) in [5.41, 5.74) is -0.380. The van der Waals surface area contributed by atoms with Crippen molar-refractivity contribution in [1.82, 2.24) is 9.97 Å². The predicted molar refractivity (Wildman–Crippen MR) is 69.8 cm³/mol. The van der Waals surface area contributed by atoms with Crippen molar-refractivity contribution in [2.75, 3.05) is 5.32 Å². The van der Waals surface area contributed by atoms with Gasteiger partial charge >= 0.3 is 5.97 Å². The number of hydrogen-bond donors (Lipinski definition) is 2. The lowest BCUT2D eigenvalue weighted by molar-refractivity contribution is -0.141. The van der Waals surface area contributed by atoms with Gasteiger partial charge in [-0.05, 0) is 32.9 Å². The number of aromatic nitrogens is 2. The first kappa shape index (κ1) is 13.1. The number of nitrogens with zero attached hydrogens (tertiary/aromatic N) is 2. The minimum Gasteiger partial charge on any atom is -0.480 e. The highest BCUT2D eigenvalue weighted by molar-refractivity contribution is 5.80. The first-order valence-corrected chi connectivity index (χ1v) is 5.79. The van der Waals surface area contributed by atoms with E-state index < -0.39 is 11.5 Å². The van der Waals surface area contributed by atoms with Crippen LogP contribution in [0.25, 0.3) is 11.3 Å². The van der Waals surface area contributed by atoms with Crippen molar-refractivity contribution < 1.29 is 14.3 Å². The number of aliphatic carboxylic acids is 1. The molecule has 100 valence electrons. The summed E-state index contributed by atoms with van der Waals surface area (Å²) in [6.45, 7) is 4.95. The van der Waals surface area contributed by atoms with Crippen LogP contribution in [-0.2, 0) is 4.79 Å². The molecule has 0 atom stereocenters. The number of aryl methyl sites for hydroxylation is 1. The first-order valence-electron chi connectivity index (χ1n) is 5.79. The van der Waals surface area contributed by atoms with Crippen molar-refractivity contribution in [3.05, 3.63) is 30.3 Å². The number of rotatable bonds is 4.